The first-order chi connectivity index (χ1) is 16.2. The summed E-state index contributed by atoms with van der Waals surface area (Å²) in [5.41, 5.74) is 3.97. The number of carbonyl (C=O) groups is 1. The van der Waals surface area contributed by atoms with Crippen molar-refractivity contribution in [3.8, 4) is 0 Å². The third kappa shape index (κ3) is 6.86. The fourth-order valence-corrected chi connectivity index (χ4v) is 6.17. The van der Waals surface area contributed by atoms with Crippen LogP contribution in [-0.4, -0.2) is 18.8 Å². The predicted molar refractivity (Wildman–Crippen MR) is 142 cm³/mol. The molecule has 0 aromatic heterocycles. The highest BCUT2D eigenvalue weighted by Gasteiger charge is 2.41. The van der Waals surface area contributed by atoms with E-state index in [1.54, 1.807) is 0 Å². The summed E-state index contributed by atoms with van der Waals surface area (Å²) in [5, 5.41) is 0. The lowest BCUT2D eigenvalue weighted by molar-refractivity contribution is -0.140. The van der Waals surface area contributed by atoms with Gasteiger partial charge in [0.2, 0.25) is 0 Å². The van der Waals surface area contributed by atoms with Crippen LogP contribution >= 0.6 is 11.8 Å². The Kier molecular flexibility index (Phi) is 10.3. The van der Waals surface area contributed by atoms with E-state index in [1.165, 1.54) is 62.3 Å². The maximum atomic E-state index is 11.9. The molecule has 2 aromatic carbocycles. The molecule has 3 heteroatoms. The molecule has 0 aliphatic heterocycles. The molecule has 0 amide bonds. The number of ether oxygens (including phenoxy) is 1. The quantitative estimate of drug-likeness (QED) is 0.211. The molecular formula is C30H38O2S. The molecule has 1 atom stereocenters. The fourth-order valence-electron chi connectivity index (χ4n) is 4.63. The van der Waals surface area contributed by atoms with Crippen molar-refractivity contribution in [3.63, 3.8) is 0 Å². The van der Waals surface area contributed by atoms with E-state index in [-0.39, 0.29) is 16.6 Å². The Hall–Kier alpha value is -2.26. The number of rotatable bonds is 14. The highest BCUT2D eigenvalue weighted by atomic mass is 32.2. The fraction of sp³-hybridized carbons (Fsp3) is 0.433. The Labute approximate surface area is 204 Å². The smallest absolute Gasteiger partial charge is 0.306 e. The molecule has 0 fully saturated rings. The summed E-state index contributed by atoms with van der Waals surface area (Å²) in [6.07, 6.45) is 18.3. The van der Waals surface area contributed by atoms with E-state index in [0.717, 1.165) is 6.42 Å². The zero-order chi connectivity index (χ0) is 23.4. The third-order valence-electron chi connectivity index (χ3n) is 6.49. The van der Waals surface area contributed by atoms with Crippen LogP contribution in [0.2, 0.25) is 0 Å². The van der Waals surface area contributed by atoms with E-state index in [9.17, 15) is 4.79 Å². The molecule has 1 unspecified atom stereocenters. The van der Waals surface area contributed by atoms with E-state index < -0.39 is 0 Å². The standard InChI is InChI=1S/C30H38O2S/c1-3-4-5-6-7-9-14-25-19-21-28(22-20-25)30(27-17-12-13-18-27,26-15-10-8-11-16-26)33-24-23-29(31)32-2/h8,10-13,15-22,27H,3-7,9,14,23-24H2,1-2H3. The number of aryl methyl sites for hydroxylation is 1. The first-order valence-electron chi connectivity index (χ1n) is 12.4. The van der Waals surface area contributed by atoms with Crippen LogP contribution in [0, 0.1) is 5.92 Å². The lowest BCUT2D eigenvalue weighted by atomic mass is 9.80. The molecule has 0 spiro atoms. The largest absolute Gasteiger partial charge is 0.469 e. The molecule has 0 saturated heterocycles. The minimum Gasteiger partial charge on any atom is -0.469 e. The molecule has 1 aliphatic rings. The Morgan fingerprint density at radius 2 is 1.52 bits per heavy atom. The van der Waals surface area contributed by atoms with Gasteiger partial charge in [0.25, 0.3) is 0 Å². The molecule has 1 aliphatic carbocycles. The van der Waals surface area contributed by atoms with Gasteiger partial charge in [-0.15, -0.1) is 11.8 Å². The van der Waals surface area contributed by atoms with Crippen molar-refractivity contribution >= 4 is 17.7 Å². The van der Waals surface area contributed by atoms with Crippen molar-refractivity contribution in [2.45, 2.75) is 63.0 Å². The molecule has 0 radical (unpaired) electrons. The summed E-state index contributed by atoms with van der Waals surface area (Å²) in [6.45, 7) is 2.27. The van der Waals surface area contributed by atoms with Crippen LogP contribution in [0.3, 0.4) is 0 Å². The van der Waals surface area contributed by atoms with Gasteiger partial charge < -0.3 is 4.74 Å². The first-order valence-corrected chi connectivity index (χ1v) is 13.4. The highest BCUT2D eigenvalue weighted by molar-refractivity contribution is 8.00. The third-order valence-corrected chi connectivity index (χ3v) is 8.09. The average Bonchev–Trinajstić information content (AvgIpc) is 3.40. The number of hydrogen-bond donors (Lipinski definition) is 0. The normalized spacial score (nSPS) is 15.0. The Morgan fingerprint density at radius 1 is 0.879 bits per heavy atom. The van der Waals surface area contributed by atoms with Crippen molar-refractivity contribution < 1.29 is 9.53 Å². The van der Waals surface area contributed by atoms with E-state index in [1.807, 2.05) is 11.8 Å². The van der Waals surface area contributed by atoms with Crippen molar-refractivity contribution in [2.75, 3.05) is 12.9 Å². The topological polar surface area (TPSA) is 26.3 Å². The summed E-state index contributed by atoms with van der Waals surface area (Å²) < 4.78 is 4.63. The molecular weight excluding hydrogens is 424 g/mol. The lowest BCUT2D eigenvalue weighted by Gasteiger charge is -2.38. The highest BCUT2D eigenvalue weighted by Crippen LogP contribution is 2.51. The van der Waals surface area contributed by atoms with Crippen molar-refractivity contribution in [2.24, 2.45) is 5.92 Å². The number of unbranched alkanes of at least 4 members (excludes halogenated alkanes) is 5. The Bertz CT molecular complexity index is 889. The van der Waals surface area contributed by atoms with E-state index >= 15 is 0 Å². The van der Waals surface area contributed by atoms with Gasteiger partial charge in [-0.2, -0.15) is 0 Å². The van der Waals surface area contributed by atoms with Crippen LogP contribution < -0.4 is 0 Å². The molecule has 2 aromatic rings. The number of thioether (sulfide) groups is 1. The second-order valence-corrected chi connectivity index (χ2v) is 10.1. The van der Waals surface area contributed by atoms with Crippen LogP contribution in [-0.2, 0) is 20.7 Å². The van der Waals surface area contributed by atoms with E-state index in [0.29, 0.717) is 12.2 Å². The monoisotopic (exact) mass is 462 g/mol. The van der Waals surface area contributed by atoms with Crippen molar-refractivity contribution in [1.29, 1.82) is 0 Å². The molecule has 2 nitrogen and oxygen atoms in total. The van der Waals surface area contributed by atoms with Gasteiger partial charge in [-0.25, -0.2) is 0 Å². The Balaban J connectivity index is 1.83. The van der Waals surface area contributed by atoms with Gasteiger partial charge in [0.15, 0.2) is 0 Å². The molecule has 3 rings (SSSR count). The number of esters is 1. The first kappa shape index (κ1) is 25.4. The number of hydrogen-bond acceptors (Lipinski definition) is 3. The molecule has 0 heterocycles. The van der Waals surface area contributed by atoms with E-state index in [4.69, 9.17) is 4.74 Å². The number of allylic oxidation sites excluding steroid dienone is 4. The van der Waals surface area contributed by atoms with Gasteiger partial charge in [-0.05, 0) is 29.5 Å². The zero-order valence-corrected chi connectivity index (χ0v) is 21.0. The van der Waals surface area contributed by atoms with Gasteiger partial charge in [0.05, 0.1) is 18.3 Å². The van der Waals surface area contributed by atoms with Gasteiger partial charge in [-0.1, -0.05) is 118 Å². The molecule has 176 valence electrons. The van der Waals surface area contributed by atoms with Crippen LogP contribution in [0.15, 0.2) is 78.9 Å². The van der Waals surface area contributed by atoms with Crippen LogP contribution in [0.4, 0.5) is 0 Å². The second kappa shape index (κ2) is 13.4. The summed E-state index contributed by atoms with van der Waals surface area (Å²) >= 11 is 1.85. The van der Waals surface area contributed by atoms with Gasteiger partial charge in [0, 0.05) is 11.7 Å². The SMILES string of the molecule is CCCCCCCCc1ccc(C(SCCC(=O)OC)(c2ccccc2)C2C=CC=C2)cc1. The van der Waals surface area contributed by atoms with Crippen molar-refractivity contribution in [3.05, 3.63) is 95.6 Å². The van der Waals surface area contributed by atoms with Gasteiger partial charge in [-0.3, -0.25) is 4.79 Å². The van der Waals surface area contributed by atoms with Gasteiger partial charge in [0.1, 0.15) is 0 Å². The number of benzene rings is 2. The Morgan fingerprint density at radius 3 is 2.18 bits per heavy atom. The van der Waals surface area contributed by atoms with E-state index in [2.05, 4.69) is 85.8 Å². The molecule has 0 saturated carbocycles. The summed E-state index contributed by atoms with van der Waals surface area (Å²) in [6, 6.07) is 20.0. The minimum absolute atomic E-state index is 0.156. The van der Waals surface area contributed by atoms with Crippen LogP contribution in [0.1, 0.15) is 68.6 Å². The molecule has 33 heavy (non-hydrogen) atoms. The van der Waals surface area contributed by atoms with Crippen molar-refractivity contribution in [1.82, 2.24) is 0 Å². The maximum Gasteiger partial charge on any atom is 0.306 e. The maximum absolute atomic E-state index is 11.9. The number of methoxy groups -OCH3 is 1. The van der Waals surface area contributed by atoms with Gasteiger partial charge >= 0.3 is 5.97 Å². The lowest BCUT2D eigenvalue weighted by Crippen LogP contribution is -2.31. The summed E-state index contributed by atoms with van der Waals surface area (Å²) in [4.78, 5) is 11.9. The zero-order valence-electron chi connectivity index (χ0n) is 20.2. The number of carbonyl (C=O) groups excluding carboxylic acids is 1. The second-order valence-electron chi connectivity index (χ2n) is 8.79. The predicted octanol–water partition coefficient (Wildman–Crippen LogP) is 7.87. The molecule has 0 N–H and O–H groups in total. The van der Waals surface area contributed by atoms with Crippen LogP contribution in [0.5, 0.6) is 0 Å². The molecule has 0 bridgehead atoms. The summed E-state index contributed by atoms with van der Waals surface area (Å²) in [7, 11) is 1.46. The van der Waals surface area contributed by atoms with Crippen LogP contribution in [0.25, 0.3) is 0 Å². The average molecular weight is 463 g/mol. The summed E-state index contributed by atoms with van der Waals surface area (Å²) in [5.74, 6) is 0.780. The minimum atomic E-state index is -0.280.